The summed E-state index contributed by atoms with van der Waals surface area (Å²) in [5.74, 6) is 3.68. The lowest BCUT2D eigenvalue weighted by molar-refractivity contribution is 0.0959. The number of nitrogens with two attached hydrogens (primary N) is 1. The zero-order valence-electron chi connectivity index (χ0n) is 11.0. The van der Waals surface area contributed by atoms with Crippen LogP contribution in [0.5, 0.6) is 0 Å². The second-order valence-corrected chi connectivity index (χ2v) is 7.92. The number of aromatic nitrogens is 1. The van der Waals surface area contributed by atoms with Crippen molar-refractivity contribution in [2.24, 2.45) is 0 Å². The van der Waals surface area contributed by atoms with Crippen LogP contribution >= 0.6 is 34.9 Å². The molecular weight excluding hydrogens is 300 g/mol. The number of carbonyl (C=O) groups is 1. The van der Waals surface area contributed by atoms with Crippen LogP contribution in [-0.2, 0) is 0 Å². The van der Waals surface area contributed by atoms with Crippen molar-refractivity contribution in [3.8, 4) is 0 Å². The number of hydrogen-bond donors (Lipinski definition) is 2. The predicted octanol–water partition coefficient (Wildman–Crippen LogP) is 1.37. The Bertz CT molecular complexity index is 443. The van der Waals surface area contributed by atoms with Gasteiger partial charge < -0.3 is 16.0 Å². The number of amides is 1. The highest BCUT2D eigenvalue weighted by atomic mass is 32.2. The fourth-order valence-electron chi connectivity index (χ4n) is 1.62. The molecule has 1 amide bonds. The third-order valence-corrected chi connectivity index (χ3v) is 6.69. The normalized spacial score (nSPS) is 19.2. The van der Waals surface area contributed by atoms with Crippen molar-refractivity contribution >= 4 is 51.7 Å². The molecule has 8 heteroatoms. The van der Waals surface area contributed by atoms with Gasteiger partial charge in [0.25, 0.3) is 5.91 Å². The first-order valence-electron chi connectivity index (χ1n) is 5.99. The van der Waals surface area contributed by atoms with Gasteiger partial charge in [0.1, 0.15) is 10.7 Å². The van der Waals surface area contributed by atoms with Gasteiger partial charge in [0.2, 0.25) is 0 Å². The van der Waals surface area contributed by atoms with Crippen LogP contribution < -0.4 is 16.0 Å². The summed E-state index contributed by atoms with van der Waals surface area (Å²) in [4.78, 5) is 18.6. The SMILES string of the molecule is CN(C)c1nc(N)c(C(=O)NCC2CSCCS2)s1. The highest BCUT2D eigenvalue weighted by Crippen LogP contribution is 2.27. The van der Waals surface area contributed by atoms with E-state index in [0.29, 0.717) is 22.5 Å². The number of nitrogen functional groups attached to an aromatic ring is 1. The lowest BCUT2D eigenvalue weighted by atomic mass is 10.4. The summed E-state index contributed by atoms with van der Waals surface area (Å²) in [5.41, 5.74) is 5.79. The van der Waals surface area contributed by atoms with Gasteiger partial charge in [-0.3, -0.25) is 4.79 Å². The van der Waals surface area contributed by atoms with Crippen LogP contribution in [0, 0.1) is 0 Å². The fraction of sp³-hybridized carbons (Fsp3) is 0.636. The van der Waals surface area contributed by atoms with E-state index >= 15 is 0 Å². The van der Waals surface area contributed by atoms with Gasteiger partial charge in [-0.2, -0.15) is 23.5 Å². The van der Waals surface area contributed by atoms with Crippen molar-refractivity contribution < 1.29 is 4.79 Å². The van der Waals surface area contributed by atoms with Crippen LogP contribution in [-0.4, -0.2) is 54.0 Å². The highest BCUT2D eigenvalue weighted by Gasteiger charge is 2.19. The summed E-state index contributed by atoms with van der Waals surface area (Å²) < 4.78 is 0. The van der Waals surface area contributed by atoms with E-state index in [4.69, 9.17) is 5.73 Å². The van der Waals surface area contributed by atoms with Gasteiger partial charge >= 0.3 is 0 Å². The van der Waals surface area contributed by atoms with Crippen LogP contribution in [0.2, 0.25) is 0 Å². The van der Waals surface area contributed by atoms with E-state index in [1.54, 1.807) is 0 Å². The average Bonchev–Trinajstić information content (AvgIpc) is 2.80. The quantitative estimate of drug-likeness (QED) is 0.874. The molecule has 1 aliphatic heterocycles. The van der Waals surface area contributed by atoms with Gasteiger partial charge in [-0.25, -0.2) is 4.98 Å². The summed E-state index contributed by atoms with van der Waals surface area (Å²) in [6.45, 7) is 0.700. The summed E-state index contributed by atoms with van der Waals surface area (Å²) in [6.07, 6.45) is 0. The zero-order chi connectivity index (χ0) is 13.8. The standard InChI is InChI=1S/C11H18N4OS3/c1-15(2)11-14-9(12)8(19-11)10(16)13-5-7-6-17-3-4-18-7/h7H,3-6,12H2,1-2H3,(H,13,16). The number of anilines is 2. The summed E-state index contributed by atoms with van der Waals surface area (Å²) in [5, 5.41) is 4.22. The first kappa shape index (κ1) is 14.8. The van der Waals surface area contributed by atoms with Gasteiger partial charge in [-0.1, -0.05) is 11.3 Å². The van der Waals surface area contributed by atoms with E-state index in [-0.39, 0.29) is 5.91 Å². The van der Waals surface area contributed by atoms with Crippen LogP contribution in [0.1, 0.15) is 9.67 Å². The lowest BCUT2D eigenvalue weighted by Gasteiger charge is -2.20. The first-order chi connectivity index (χ1) is 9.08. The van der Waals surface area contributed by atoms with E-state index in [0.717, 1.165) is 10.9 Å². The number of hydrogen-bond acceptors (Lipinski definition) is 7. The monoisotopic (exact) mass is 318 g/mol. The maximum absolute atomic E-state index is 12.1. The zero-order valence-corrected chi connectivity index (χ0v) is 13.5. The second-order valence-electron chi connectivity index (χ2n) is 4.38. The van der Waals surface area contributed by atoms with Gasteiger partial charge in [0.15, 0.2) is 5.13 Å². The molecule has 2 rings (SSSR count). The van der Waals surface area contributed by atoms with Crippen molar-refractivity contribution in [3.05, 3.63) is 4.88 Å². The van der Waals surface area contributed by atoms with Crippen LogP contribution in [0.4, 0.5) is 10.9 Å². The number of thioether (sulfide) groups is 2. The molecule has 1 unspecified atom stereocenters. The molecule has 0 saturated carbocycles. The topological polar surface area (TPSA) is 71.2 Å². The average molecular weight is 318 g/mol. The molecule has 0 radical (unpaired) electrons. The molecule has 5 nitrogen and oxygen atoms in total. The molecule has 0 spiro atoms. The van der Waals surface area contributed by atoms with E-state index < -0.39 is 0 Å². The molecule has 19 heavy (non-hydrogen) atoms. The number of nitrogens with zero attached hydrogens (tertiary/aromatic N) is 2. The molecule has 1 saturated heterocycles. The van der Waals surface area contributed by atoms with Crippen molar-refractivity contribution in [1.82, 2.24) is 10.3 Å². The molecule has 0 aliphatic carbocycles. The predicted molar refractivity (Wildman–Crippen MR) is 86.8 cm³/mol. The van der Waals surface area contributed by atoms with E-state index in [1.165, 1.54) is 22.8 Å². The Hall–Kier alpha value is -0.600. The van der Waals surface area contributed by atoms with Crippen molar-refractivity contribution in [2.45, 2.75) is 5.25 Å². The summed E-state index contributed by atoms with van der Waals surface area (Å²) >= 11 is 5.20. The van der Waals surface area contributed by atoms with Gasteiger partial charge in [0.05, 0.1) is 0 Å². The number of nitrogens with one attached hydrogen (secondary N) is 1. The van der Waals surface area contributed by atoms with Crippen LogP contribution in [0.25, 0.3) is 0 Å². The van der Waals surface area contributed by atoms with Gasteiger partial charge in [-0.15, -0.1) is 0 Å². The Morgan fingerprint density at radius 2 is 2.32 bits per heavy atom. The highest BCUT2D eigenvalue weighted by molar-refractivity contribution is 8.06. The minimum atomic E-state index is -0.112. The number of rotatable bonds is 4. The molecule has 2 heterocycles. The van der Waals surface area contributed by atoms with Gasteiger partial charge in [-0.05, 0) is 0 Å². The van der Waals surface area contributed by atoms with Crippen molar-refractivity contribution in [3.63, 3.8) is 0 Å². The Morgan fingerprint density at radius 1 is 1.53 bits per heavy atom. The van der Waals surface area contributed by atoms with Crippen LogP contribution in [0.15, 0.2) is 0 Å². The molecule has 3 N–H and O–H groups in total. The largest absolute Gasteiger partial charge is 0.382 e. The molecule has 1 atom stereocenters. The molecule has 1 fully saturated rings. The molecule has 1 aromatic heterocycles. The third-order valence-electron chi connectivity index (χ3n) is 2.61. The van der Waals surface area contributed by atoms with Gasteiger partial charge in [0, 0.05) is 43.1 Å². The summed E-state index contributed by atoms with van der Waals surface area (Å²) in [6, 6.07) is 0. The maximum Gasteiger partial charge on any atom is 0.265 e. The van der Waals surface area contributed by atoms with Crippen molar-refractivity contribution in [1.29, 1.82) is 0 Å². The minimum absolute atomic E-state index is 0.112. The molecule has 1 aliphatic rings. The molecular formula is C11H18N4OS3. The first-order valence-corrected chi connectivity index (χ1v) is 9.01. The van der Waals surface area contributed by atoms with E-state index in [9.17, 15) is 4.79 Å². The molecule has 0 bridgehead atoms. The second kappa shape index (κ2) is 6.71. The smallest absolute Gasteiger partial charge is 0.265 e. The Kier molecular flexibility index (Phi) is 5.23. The summed E-state index contributed by atoms with van der Waals surface area (Å²) in [7, 11) is 3.77. The van der Waals surface area contributed by atoms with Crippen molar-refractivity contribution in [2.75, 3.05) is 48.5 Å². The van der Waals surface area contributed by atoms with E-state index in [2.05, 4.69) is 10.3 Å². The Balaban J connectivity index is 1.92. The lowest BCUT2D eigenvalue weighted by Crippen LogP contribution is -2.33. The minimum Gasteiger partial charge on any atom is -0.382 e. The number of carbonyl (C=O) groups excluding carboxylic acids is 1. The third kappa shape index (κ3) is 3.93. The Morgan fingerprint density at radius 3 is 2.89 bits per heavy atom. The fourth-order valence-corrected chi connectivity index (χ4v) is 5.05. The maximum atomic E-state index is 12.1. The molecule has 106 valence electrons. The molecule has 1 aromatic rings. The molecule has 0 aromatic carbocycles. The van der Waals surface area contributed by atoms with E-state index in [1.807, 2.05) is 42.5 Å². The number of thiazole rings is 1. The van der Waals surface area contributed by atoms with Crippen LogP contribution in [0.3, 0.4) is 0 Å². The Labute approximate surface area is 125 Å².